The third kappa shape index (κ3) is 8.06. The Balaban J connectivity index is 2.70. The average Bonchev–Trinajstić information content (AvgIpc) is 2.65. The molecule has 0 saturated carbocycles. The van der Waals surface area contributed by atoms with Gasteiger partial charge in [0.05, 0.1) is 6.04 Å². The van der Waals surface area contributed by atoms with Crippen LogP contribution in [0, 0.1) is 5.92 Å². The quantitative estimate of drug-likeness (QED) is 0.325. The first-order valence-corrected chi connectivity index (χ1v) is 9.59. The van der Waals surface area contributed by atoms with Crippen LogP contribution in [0.1, 0.15) is 38.7 Å². The minimum absolute atomic E-state index is 0.230. The molecule has 1 rings (SSSR count). The first-order chi connectivity index (χ1) is 13.3. The number of nitrogens with one attached hydrogen (secondary N) is 2. The minimum atomic E-state index is -1.11. The van der Waals surface area contributed by atoms with E-state index in [0.29, 0.717) is 25.8 Å². The predicted octanol–water partition coefficient (Wildman–Crippen LogP) is 0.396. The lowest BCUT2D eigenvalue weighted by Crippen LogP contribution is -2.56. The van der Waals surface area contributed by atoms with Crippen LogP contribution < -0.4 is 22.1 Å². The maximum Gasteiger partial charge on any atom is 0.326 e. The molecule has 8 nitrogen and oxygen atoms in total. The molecular formula is C20H32N4O4. The zero-order valence-electron chi connectivity index (χ0n) is 16.6. The molecule has 0 heterocycles. The summed E-state index contributed by atoms with van der Waals surface area (Å²) in [6.07, 6.45) is 1.90. The standard InChI is InChI=1S/C20H32N4O4/c1-13(2)17(19(26)23-16(20(27)28)10-6-7-11-21)24-18(25)15(22)12-14-8-4-3-5-9-14/h3-5,8-9,13,15-17H,6-7,10-12,21-22H2,1-2H3,(H,23,26)(H,24,25)(H,27,28). The number of carboxylic acid groups (broad SMARTS) is 1. The summed E-state index contributed by atoms with van der Waals surface area (Å²) in [5.41, 5.74) is 12.3. The summed E-state index contributed by atoms with van der Waals surface area (Å²) in [4.78, 5) is 36.4. The van der Waals surface area contributed by atoms with Crippen molar-refractivity contribution in [2.75, 3.05) is 6.54 Å². The fourth-order valence-electron chi connectivity index (χ4n) is 2.77. The number of benzene rings is 1. The van der Waals surface area contributed by atoms with Crippen molar-refractivity contribution >= 4 is 17.8 Å². The number of rotatable bonds is 12. The van der Waals surface area contributed by atoms with E-state index in [4.69, 9.17) is 11.5 Å². The number of carbonyl (C=O) groups is 3. The Hall–Kier alpha value is -2.45. The first kappa shape index (κ1) is 23.6. The SMILES string of the molecule is CC(C)C(NC(=O)C(N)Cc1ccccc1)C(=O)NC(CCCCN)C(=O)O. The van der Waals surface area contributed by atoms with Crippen LogP contribution in [-0.2, 0) is 20.8 Å². The topological polar surface area (TPSA) is 148 Å². The summed E-state index contributed by atoms with van der Waals surface area (Å²) in [5.74, 6) is -2.32. The van der Waals surface area contributed by atoms with Crippen molar-refractivity contribution in [1.82, 2.24) is 10.6 Å². The number of amides is 2. The van der Waals surface area contributed by atoms with Crippen LogP contribution in [0.25, 0.3) is 0 Å². The molecule has 0 fully saturated rings. The highest BCUT2D eigenvalue weighted by Gasteiger charge is 2.29. The molecule has 0 spiro atoms. The number of hydrogen-bond acceptors (Lipinski definition) is 5. The van der Waals surface area contributed by atoms with Crippen molar-refractivity contribution in [2.24, 2.45) is 17.4 Å². The Labute approximate surface area is 166 Å². The van der Waals surface area contributed by atoms with Crippen LogP contribution in [0.3, 0.4) is 0 Å². The maximum atomic E-state index is 12.6. The lowest BCUT2D eigenvalue weighted by Gasteiger charge is -2.25. The molecule has 1 aromatic carbocycles. The van der Waals surface area contributed by atoms with Gasteiger partial charge in [0.25, 0.3) is 0 Å². The van der Waals surface area contributed by atoms with E-state index in [0.717, 1.165) is 5.56 Å². The van der Waals surface area contributed by atoms with Gasteiger partial charge in [0, 0.05) is 0 Å². The second kappa shape index (κ2) is 12.1. The molecule has 0 aliphatic heterocycles. The van der Waals surface area contributed by atoms with E-state index in [-0.39, 0.29) is 12.3 Å². The largest absolute Gasteiger partial charge is 0.480 e. The molecule has 28 heavy (non-hydrogen) atoms. The number of carboxylic acids is 1. The van der Waals surface area contributed by atoms with Crippen LogP contribution >= 0.6 is 0 Å². The van der Waals surface area contributed by atoms with Crippen LogP contribution in [0.15, 0.2) is 30.3 Å². The summed E-state index contributed by atoms with van der Waals surface area (Å²) in [6, 6.07) is 6.65. The Morgan fingerprint density at radius 3 is 2.21 bits per heavy atom. The van der Waals surface area contributed by atoms with Gasteiger partial charge in [-0.15, -0.1) is 0 Å². The maximum absolute atomic E-state index is 12.6. The van der Waals surface area contributed by atoms with E-state index in [2.05, 4.69) is 10.6 Å². The van der Waals surface area contributed by atoms with Gasteiger partial charge in [-0.3, -0.25) is 9.59 Å². The van der Waals surface area contributed by atoms with Crippen LogP contribution in [0.4, 0.5) is 0 Å². The molecule has 0 radical (unpaired) electrons. The number of carbonyl (C=O) groups excluding carboxylic acids is 2. The van der Waals surface area contributed by atoms with Crippen LogP contribution in [0.5, 0.6) is 0 Å². The molecule has 8 heteroatoms. The Morgan fingerprint density at radius 1 is 1.04 bits per heavy atom. The predicted molar refractivity (Wildman–Crippen MR) is 107 cm³/mol. The van der Waals surface area contributed by atoms with Crippen molar-refractivity contribution in [3.63, 3.8) is 0 Å². The Kier molecular flexibility index (Phi) is 10.2. The molecule has 3 atom stereocenters. The molecule has 156 valence electrons. The van der Waals surface area contributed by atoms with E-state index in [9.17, 15) is 19.5 Å². The zero-order chi connectivity index (χ0) is 21.1. The number of nitrogens with two attached hydrogens (primary N) is 2. The lowest BCUT2D eigenvalue weighted by atomic mass is 10.0. The number of aliphatic carboxylic acids is 1. The fourth-order valence-corrected chi connectivity index (χ4v) is 2.77. The van der Waals surface area contributed by atoms with Gasteiger partial charge in [-0.25, -0.2) is 4.79 Å². The molecule has 0 bridgehead atoms. The van der Waals surface area contributed by atoms with E-state index in [1.807, 2.05) is 30.3 Å². The molecule has 0 aromatic heterocycles. The fraction of sp³-hybridized carbons (Fsp3) is 0.550. The monoisotopic (exact) mass is 392 g/mol. The normalized spacial score (nSPS) is 14.2. The summed E-state index contributed by atoms with van der Waals surface area (Å²) >= 11 is 0. The Morgan fingerprint density at radius 2 is 1.68 bits per heavy atom. The van der Waals surface area contributed by atoms with Crippen molar-refractivity contribution in [2.45, 2.75) is 57.7 Å². The van der Waals surface area contributed by atoms with E-state index in [1.165, 1.54) is 0 Å². The van der Waals surface area contributed by atoms with Gasteiger partial charge in [0.2, 0.25) is 11.8 Å². The molecule has 0 saturated heterocycles. The molecule has 3 unspecified atom stereocenters. The molecule has 2 amide bonds. The molecule has 7 N–H and O–H groups in total. The second-order valence-electron chi connectivity index (χ2n) is 7.21. The first-order valence-electron chi connectivity index (χ1n) is 9.59. The zero-order valence-corrected chi connectivity index (χ0v) is 16.6. The van der Waals surface area contributed by atoms with Crippen molar-refractivity contribution in [3.05, 3.63) is 35.9 Å². The van der Waals surface area contributed by atoms with Crippen molar-refractivity contribution in [3.8, 4) is 0 Å². The van der Waals surface area contributed by atoms with Gasteiger partial charge in [-0.1, -0.05) is 44.2 Å². The van der Waals surface area contributed by atoms with Crippen molar-refractivity contribution < 1.29 is 19.5 Å². The van der Waals surface area contributed by atoms with Crippen molar-refractivity contribution in [1.29, 1.82) is 0 Å². The second-order valence-corrected chi connectivity index (χ2v) is 7.21. The van der Waals surface area contributed by atoms with Gasteiger partial charge >= 0.3 is 5.97 Å². The molecule has 1 aromatic rings. The lowest BCUT2D eigenvalue weighted by molar-refractivity contribution is -0.142. The number of unbranched alkanes of at least 4 members (excludes halogenated alkanes) is 1. The average molecular weight is 393 g/mol. The highest BCUT2D eigenvalue weighted by Crippen LogP contribution is 2.07. The molecule has 0 aliphatic carbocycles. The van der Waals surface area contributed by atoms with Crippen LogP contribution in [0.2, 0.25) is 0 Å². The summed E-state index contributed by atoms with van der Waals surface area (Å²) in [5, 5.41) is 14.5. The van der Waals surface area contributed by atoms with E-state index in [1.54, 1.807) is 13.8 Å². The third-order valence-electron chi connectivity index (χ3n) is 4.44. The van der Waals surface area contributed by atoms with Gasteiger partial charge in [0.1, 0.15) is 12.1 Å². The van der Waals surface area contributed by atoms with Gasteiger partial charge in [0.15, 0.2) is 0 Å². The van der Waals surface area contributed by atoms with Gasteiger partial charge < -0.3 is 27.2 Å². The minimum Gasteiger partial charge on any atom is -0.480 e. The number of hydrogen-bond donors (Lipinski definition) is 5. The molecule has 0 aliphatic rings. The smallest absolute Gasteiger partial charge is 0.326 e. The summed E-state index contributed by atoms with van der Waals surface area (Å²) in [6.45, 7) is 4.01. The summed E-state index contributed by atoms with van der Waals surface area (Å²) in [7, 11) is 0. The van der Waals surface area contributed by atoms with E-state index >= 15 is 0 Å². The highest BCUT2D eigenvalue weighted by molar-refractivity contribution is 5.92. The summed E-state index contributed by atoms with van der Waals surface area (Å²) < 4.78 is 0. The van der Waals surface area contributed by atoms with Gasteiger partial charge in [-0.05, 0) is 43.7 Å². The highest BCUT2D eigenvalue weighted by atomic mass is 16.4. The van der Waals surface area contributed by atoms with Gasteiger partial charge in [-0.2, -0.15) is 0 Å². The third-order valence-corrected chi connectivity index (χ3v) is 4.44. The molecular weight excluding hydrogens is 360 g/mol. The Bertz CT molecular complexity index is 636. The van der Waals surface area contributed by atoms with Crippen LogP contribution in [-0.4, -0.2) is 47.6 Å². The van der Waals surface area contributed by atoms with E-state index < -0.39 is 35.9 Å².